The Balaban J connectivity index is 1.76. The van der Waals surface area contributed by atoms with Crippen molar-refractivity contribution >= 4 is 23.6 Å². The number of rotatable bonds is 4. The Hall–Kier alpha value is -1.53. The van der Waals surface area contributed by atoms with E-state index in [4.69, 9.17) is 0 Å². The van der Waals surface area contributed by atoms with Crippen LogP contribution in [0, 0.1) is 0 Å². The van der Waals surface area contributed by atoms with E-state index in [0.717, 1.165) is 43.0 Å². The zero-order chi connectivity index (χ0) is 16.1. The van der Waals surface area contributed by atoms with Crippen LogP contribution in [0.5, 0.6) is 0 Å². The Morgan fingerprint density at radius 1 is 1.26 bits per heavy atom. The summed E-state index contributed by atoms with van der Waals surface area (Å²) in [4.78, 5) is 27.1. The second-order valence-electron chi connectivity index (χ2n) is 5.96. The summed E-state index contributed by atoms with van der Waals surface area (Å²) < 4.78 is 0. The van der Waals surface area contributed by atoms with E-state index in [9.17, 15) is 9.59 Å². The summed E-state index contributed by atoms with van der Waals surface area (Å²) in [5.74, 6) is 1.96. The largest absolute Gasteiger partial charge is 0.354 e. The summed E-state index contributed by atoms with van der Waals surface area (Å²) in [5, 5.41) is 5.79. The van der Waals surface area contributed by atoms with Gasteiger partial charge in [0.2, 0.25) is 11.8 Å². The van der Waals surface area contributed by atoms with E-state index >= 15 is 0 Å². The fourth-order valence-electron chi connectivity index (χ4n) is 3.16. The number of hydrogen-bond acceptors (Lipinski definition) is 4. The molecule has 2 amide bonds. The number of amides is 2. The SMILES string of the molecule is O=C1NCCCC1NC(=O)C(c1ccccc1)N1CCSCC1. The van der Waals surface area contributed by atoms with Gasteiger partial charge in [-0.3, -0.25) is 14.5 Å². The Morgan fingerprint density at radius 2 is 2.00 bits per heavy atom. The molecule has 0 aliphatic carbocycles. The van der Waals surface area contributed by atoms with Gasteiger partial charge in [-0.15, -0.1) is 0 Å². The molecule has 0 spiro atoms. The van der Waals surface area contributed by atoms with E-state index in [1.807, 2.05) is 42.1 Å². The standard InChI is InChI=1S/C17H23N3O2S/c21-16-14(7-4-8-18-16)19-17(22)15(13-5-2-1-3-6-13)20-9-11-23-12-10-20/h1-3,5-6,14-15H,4,7-12H2,(H,18,21)(H,19,22). The fourth-order valence-corrected chi connectivity index (χ4v) is 4.09. The number of nitrogens with zero attached hydrogens (tertiary/aromatic N) is 1. The molecule has 0 aromatic heterocycles. The van der Waals surface area contributed by atoms with Crippen LogP contribution < -0.4 is 10.6 Å². The van der Waals surface area contributed by atoms with Gasteiger partial charge in [0, 0.05) is 31.1 Å². The van der Waals surface area contributed by atoms with E-state index in [1.54, 1.807) is 0 Å². The molecule has 2 aliphatic heterocycles. The van der Waals surface area contributed by atoms with Gasteiger partial charge in [-0.2, -0.15) is 11.8 Å². The molecule has 6 heteroatoms. The van der Waals surface area contributed by atoms with Crippen molar-refractivity contribution in [1.29, 1.82) is 0 Å². The molecular weight excluding hydrogens is 310 g/mol. The minimum absolute atomic E-state index is 0.0642. The summed E-state index contributed by atoms with van der Waals surface area (Å²) in [6, 6.07) is 9.15. The van der Waals surface area contributed by atoms with Crippen LogP contribution in [0.3, 0.4) is 0 Å². The lowest BCUT2D eigenvalue weighted by Crippen LogP contribution is -2.53. The smallest absolute Gasteiger partial charge is 0.242 e. The minimum atomic E-state index is -0.401. The maximum absolute atomic E-state index is 12.9. The number of carbonyl (C=O) groups is 2. The van der Waals surface area contributed by atoms with Crippen LogP contribution in [0.1, 0.15) is 24.4 Å². The highest BCUT2D eigenvalue weighted by molar-refractivity contribution is 7.99. The Labute approximate surface area is 141 Å². The van der Waals surface area contributed by atoms with Gasteiger partial charge >= 0.3 is 0 Å². The topological polar surface area (TPSA) is 61.4 Å². The van der Waals surface area contributed by atoms with Gasteiger partial charge in [0.05, 0.1) is 0 Å². The molecule has 5 nitrogen and oxygen atoms in total. The lowest BCUT2D eigenvalue weighted by Gasteiger charge is -2.35. The molecule has 124 valence electrons. The van der Waals surface area contributed by atoms with Gasteiger partial charge in [0.25, 0.3) is 0 Å². The third kappa shape index (κ3) is 4.06. The average molecular weight is 333 g/mol. The molecule has 2 atom stereocenters. The van der Waals surface area contributed by atoms with Gasteiger partial charge in [-0.05, 0) is 18.4 Å². The molecule has 1 aromatic rings. The summed E-state index contributed by atoms with van der Waals surface area (Å²) in [7, 11) is 0. The third-order valence-corrected chi connectivity index (χ3v) is 5.32. The Morgan fingerprint density at radius 3 is 2.70 bits per heavy atom. The molecule has 0 bridgehead atoms. The first kappa shape index (κ1) is 16.3. The number of hydrogen-bond donors (Lipinski definition) is 2. The fraction of sp³-hybridized carbons (Fsp3) is 0.529. The maximum atomic E-state index is 12.9. The van der Waals surface area contributed by atoms with Crippen molar-refractivity contribution in [1.82, 2.24) is 15.5 Å². The first-order valence-corrected chi connectivity index (χ1v) is 9.36. The summed E-state index contributed by atoms with van der Waals surface area (Å²) >= 11 is 1.92. The van der Waals surface area contributed by atoms with E-state index in [1.165, 1.54) is 0 Å². The number of piperidine rings is 1. The molecule has 0 radical (unpaired) electrons. The van der Waals surface area contributed by atoms with Crippen molar-refractivity contribution in [2.45, 2.75) is 24.9 Å². The van der Waals surface area contributed by atoms with Crippen LogP contribution in [0.2, 0.25) is 0 Å². The molecule has 2 unspecified atom stereocenters. The first-order chi connectivity index (χ1) is 11.3. The lowest BCUT2D eigenvalue weighted by molar-refractivity contribution is -0.133. The monoisotopic (exact) mass is 333 g/mol. The quantitative estimate of drug-likeness (QED) is 0.868. The zero-order valence-electron chi connectivity index (χ0n) is 13.2. The molecule has 0 saturated carbocycles. The highest BCUT2D eigenvalue weighted by atomic mass is 32.2. The van der Waals surface area contributed by atoms with Crippen LogP contribution in [-0.2, 0) is 9.59 Å². The molecule has 2 saturated heterocycles. The maximum Gasteiger partial charge on any atom is 0.242 e. The third-order valence-electron chi connectivity index (χ3n) is 4.38. The van der Waals surface area contributed by atoms with Gasteiger partial charge < -0.3 is 10.6 Å². The second kappa shape index (κ2) is 7.84. The van der Waals surface area contributed by atoms with Gasteiger partial charge in [-0.1, -0.05) is 30.3 Å². The van der Waals surface area contributed by atoms with Crippen LogP contribution in [-0.4, -0.2) is 53.9 Å². The lowest BCUT2D eigenvalue weighted by atomic mass is 10.0. The summed E-state index contributed by atoms with van der Waals surface area (Å²) in [5.41, 5.74) is 0.994. The number of benzene rings is 1. The normalized spacial score (nSPS) is 23.8. The molecule has 2 fully saturated rings. The molecule has 1 aromatic carbocycles. The number of thioether (sulfide) groups is 1. The Bertz CT molecular complexity index is 546. The number of nitrogens with one attached hydrogen (secondary N) is 2. The van der Waals surface area contributed by atoms with Crippen molar-refractivity contribution in [2.75, 3.05) is 31.1 Å². The van der Waals surface area contributed by atoms with Gasteiger partial charge in [-0.25, -0.2) is 0 Å². The van der Waals surface area contributed by atoms with Crippen LogP contribution >= 0.6 is 11.8 Å². The minimum Gasteiger partial charge on any atom is -0.354 e. The molecule has 2 aliphatic rings. The van der Waals surface area contributed by atoms with Crippen molar-refractivity contribution in [3.63, 3.8) is 0 Å². The summed E-state index contributed by atoms with van der Waals surface area (Å²) in [6.07, 6.45) is 1.63. The van der Waals surface area contributed by atoms with Crippen molar-refractivity contribution in [2.24, 2.45) is 0 Å². The van der Waals surface area contributed by atoms with Crippen LogP contribution in [0.15, 0.2) is 30.3 Å². The molecule has 23 heavy (non-hydrogen) atoms. The van der Waals surface area contributed by atoms with Crippen molar-refractivity contribution in [3.05, 3.63) is 35.9 Å². The van der Waals surface area contributed by atoms with E-state index in [2.05, 4.69) is 15.5 Å². The van der Waals surface area contributed by atoms with Crippen LogP contribution in [0.4, 0.5) is 0 Å². The zero-order valence-corrected chi connectivity index (χ0v) is 14.0. The molecule has 2 heterocycles. The predicted octanol–water partition coefficient (Wildman–Crippen LogP) is 1.17. The van der Waals surface area contributed by atoms with Gasteiger partial charge in [0.1, 0.15) is 12.1 Å². The highest BCUT2D eigenvalue weighted by Crippen LogP contribution is 2.25. The summed E-state index contributed by atoms with van der Waals surface area (Å²) in [6.45, 7) is 2.50. The van der Waals surface area contributed by atoms with Crippen molar-refractivity contribution in [3.8, 4) is 0 Å². The molecule has 3 rings (SSSR count). The average Bonchev–Trinajstić information content (AvgIpc) is 2.59. The highest BCUT2D eigenvalue weighted by Gasteiger charge is 2.32. The van der Waals surface area contributed by atoms with E-state index in [-0.39, 0.29) is 17.9 Å². The van der Waals surface area contributed by atoms with Crippen molar-refractivity contribution < 1.29 is 9.59 Å². The predicted molar refractivity (Wildman–Crippen MR) is 92.3 cm³/mol. The van der Waals surface area contributed by atoms with Gasteiger partial charge in [0.15, 0.2) is 0 Å². The molecular formula is C17H23N3O2S. The first-order valence-electron chi connectivity index (χ1n) is 8.20. The van der Waals surface area contributed by atoms with E-state index in [0.29, 0.717) is 6.54 Å². The second-order valence-corrected chi connectivity index (χ2v) is 7.18. The number of carbonyl (C=O) groups excluding carboxylic acids is 2. The Kier molecular flexibility index (Phi) is 5.56. The molecule has 2 N–H and O–H groups in total. The van der Waals surface area contributed by atoms with E-state index < -0.39 is 6.04 Å². The van der Waals surface area contributed by atoms with Crippen LogP contribution in [0.25, 0.3) is 0 Å².